The molecule has 29 heavy (non-hydrogen) atoms. The summed E-state index contributed by atoms with van der Waals surface area (Å²) < 4.78 is 6.63. The van der Waals surface area contributed by atoms with Crippen LogP contribution in [0.15, 0.2) is 23.3 Å². The van der Waals surface area contributed by atoms with E-state index in [4.69, 9.17) is 4.74 Å². The van der Waals surface area contributed by atoms with E-state index in [9.17, 15) is 4.79 Å². The van der Waals surface area contributed by atoms with Crippen LogP contribution in [-0.4, -0.2) is 11.9 Å². The van der Waals surface area contributed by atoms with Gasteiger partial charge in [0.15, 0.2) is 0 Å². The lowest BCUT2D eigenvalue weighted by Crippen LogP contribution is -2.37. The Morgan fingerprint density at radius 1 is 0.897 bits per heavy atom. The van der Waals surface area contributed by atoms with Crippen molar-refractivity contribution < 1.29 is 9.53 Å². The molecule has 0 aliphatic carbocycles. The van der Waals surface area contributed by atoms with Gasteiger partial charge in [-0.25, -0.2) is 0 Å². The van der Waals surface area contributed by atoms with Crippen LogP contribution in [0.25, 0.3) is 0 Å². The predicted molar refractivity (Wildman–Crippen MR) is 124 cm³/mol. The first-order valence-corrected chi connectivity index (χ1v) is 11.2. The van der Waals surface area contributed by atoms with Gasteiger partial charge in [-0.3, -0.25) is 0 Å². The summed E-state index contributed by atoms with van der Waals surface area (Å²) in [5.41, 5.74) is 9.64. The molecule has 1 aliphatic heterocycles. The number of carbonyl (C=O) groups is 1. The number of rotatable bonds is 9. The van der Waals surface area contributed by atoms with Gasteiger partial charge in [0, 0.05) is 6.42 Å². The van der Waals surface area contributed by atoms with Gasteiger partial charge in [0.25, 0.3) is 0 Å². The van der Waals surface area contributed by atoms with E-state index in [2.05, 4.69) is 60.6 Å². The highest BCUT2D eigenvalue weighted by Gasteiger charge is 2.33. The first kappa shape index (κ1) is 23.4. The summed E-state index contributed by atoms with van der Waals surface area (Å²) in [6, 6.07) is 0. The highest BCUT2D eigenvalue weighted by Crippen LogP contribution is 2.42. The summed E-state index contributed by atoms with van der Waals surface area (Å²) in [7, 11) is 0. The summed E-state index contributed by atoms with van der Waals surface area (Å²) >= 11 is 0. The fourth-order valence-electron chi connectivity index (χ4n) is 4.32. The third-order valence-electron chi connectivity index (χ3n) is 6.86. The van der Waals surface area contributed by atoms with Gasteiger partial charge < -0.3 is 9.53 Å². The monoisotopic (exact) mass is 396 g/mol. The van der Waals surface area contributed by atoms with Crippen molar-refractivity contribution in [3.8, 4) is 5.75 Å². The van der Waals surface area contributed by atoms with E-state index >= 15 is 0 Å². The molecular weight excluding hydrogens is 356 g/mol. The van der Waals surface area contributed by atoms with E-state index in [-0.39, 0.29) is 5.60 Å². The lowest BCUT2D eigenvalue weighted by Gasteiger charge is -2.38. The van der Waals surface area contributed by atoms with Gasteiger partial charge in [-0.05, 0) is 121 Å². The summed E-state index contributed by atoms with van der Waals surface area (Å²) in [5, 5.41) is 0. The van der Waals surface area contributed by atoms with Gasteiger partial charge in [0.2, 0.25) is 0 Å². The van der Waals surface area contributed by atoms with Gasteiger partial charge in [0.1, 0.15) is 17.6 Å². The van der Waals surface area contributed by atoms with Crippen LogP contribution < -0.4 is 4.74 Å². The molecule has 0 bridgehead atoms. The summed E-state index contributed by atoms with van der Waals surface area (Å²) in [6.45, 7) is 15.5. The van der Waals surface area contributed by atoms with E-state index < -0.39 is 0 Å². The molecular formula is C27H40O2. The van der Waals surface area contributed by atoms with Crippen molar-refractivity contribution in [2.75, 3.05) is 0 Å². The molecule has 1 aromatic rings. The fraction of sp³-hybridized carbons (Fsp3) is 0.593. The molecule has 0 spiro atoms. The van der Waals surface area contributed by atoms with Gasteiger partial charge in [-0.2, -0.15) is 0 Å². The minimum Gasteiger partial charge on any atom is -0.487 e. The maximum Gasteiger partial charge on any atom is 0.126 e. The van der Waals surface area contributed by atoms with Crippen LogP contribution >= 0.6 is 0 Å². The second-order valence-corrected chi connectivity index (χ2v) is 9.24. The first-order chi connectivity index (χ1) is 13.7. The van der Waals surface area contributed by atoms with Crippen molar-refractivity contribution >= 4 is 6.29 Å². The van der Waals surface area contributed by atoms with Crippen LogP contribution in [-0.2, 0) is 11.2 Å². The Morgan fingerprint density at radius 2 is 1.48 bits per heavy atom. The Labute approximate surface area is 178 Å². The van der Waals surface area contributed by atoms with Gasteiger partial charge in [-0.1, -0.05) is 23.3 Å². The van der Waals surface area contributed by atoms with Crippen LogP contribution in [0.1, 0.15) is 93.5 Å². The molecule has 0 saturated heterocycles. The number of fused-ring (bicyclic) bond motifs is 1. The lowest BCUT2D eigenvalue weighted by atomic mass is 9.83. The van der Waals surface area contributed by atoms with Gasteiger partial charge in [0.05, 0.1) is 0 Å². The quantitative estimate of drug-likeness (QED) is 0.320. The zero-order valence-corrected chi connectivity index (χ0v) is 19.7. The minimum atomic E-state index is -0.0754. The summed E-state index contributed by atoms with van der Waals surface area (Å²) in [6.07, 6.45) is 13.7. The van der Waals surface area contributed by atoms with Crippen LogP contribution in [0, 0.1) is 27.7 Å². The van der Waals surface area contributed by atoms with Crippen LogP contribution in [0.4, 0.5) is 0 Å². The zero-order chi connectivity index (χ0) is 21.6. The number of carbonyl (C=O) groups excluding carboxylic acids is 1. The van der Waals surface area contributed by atoms with E-state index in [0.717, 1.165) is 57.0 Å². The number of ether oxygens (including phenoxy) is 1. The number of hydrogen-bond acceptors (Lipinski definition) is 2. The molecule has 1 heterocycles. The number of allylic oxidation sites excluding steroid dienone is 4. The van der Waals surface area contributed by atoms with Crippen molar-refractivity contribution in [3.05, 3.63) is 51.1 Å². The fourth-order valence-corrected chi connectivity index (χ4v) is 4.32. The van der Waals surface area contributed by atoms with Gasteiger partial charge in [-0.15, -0.1) is 0 Å². The van der Waals surface area contributed by atoms with E-state index in [1.165, 1.54) is 39.0 Å². The van der Waals surface area contributed by atoms with Crippen molar-refractivity contribution in [1.29, 1.82) is 0 Å². The van der Waals surface area contributed by atoms with Crippen LogP contribution in [0.2, 0.25) is 0 Å². The molecule has 2 rings (SSSR count). The average molecular weight is 397 g/mol. The molecule has 2 heteroatoms. The Bertz CT molecular complexity index is 797. The van der Waals surface area contributed by atoms with Crippen LogP contribution in [0.5, 0.6) is 5.75 Å². The summed E-state index contributed by atoms with van der Waals surface area (Å²) in [4.78, 5) is 10.5. The smallest absolute Gasteiger partial charge is 0.126 e. The van der Waals surface area contributed by atoms with Crippen molar-refractivity contribution in [2.45, 2.75) is 105 Å². The third-order valence-corrected chi connectivity index (χ3v) is 6.86. The molecule has 0 N–H and O–H groups in total. The second kappa shape index (κ2) is 10.3. The molecule has 1 aromatic carbocycles. The Kier molecular flexibility index (Phi) is 8.31. The maximum absolute atomic E-state index is 10.5. The molecule has 0 unspecified atom stereocenters. The average Bonchev–Trinajstić information content (AvgIpc) is 2.69. The standard InChI is InChI=1S/C27H40O2/c1-19(11-8-12-20(2)14-10-18-28)13-9-16-27(7)17-15-25-23(5)21(3)22(4)24(6)26(25)29-27/h12-13,18H,8-11,14-17H2,1-7H3/b19-13+,20-12+/t27-/m1/s1. The molecule has 1 aliphatic rings. The number of benzene rings is 1. The van der Waals surface area contributed by atoms with E-state index in [0.29, 0.717) is 6.42 Å². The van der Waals surface area contributed by atoms with Crippen LogP contribution in [0.3, 0.4) is 0 Å². The first-order valence-electron chi connectivity index (χ1n) is 11.2. The Balaban J connectivity index is 1.93. The molecule has 0 saturated carbocycles. The predicted octanol–water partition coefficient (Wildman–Crippen LogP) is 7.44. The lowest BCUT2D eigenvalue weighted by molar-refractivity contribution is -0.107. The summed E-state index contributed by atoms with van der Waals surface area (Å²) in [5.74, 6) is 1.15. The third kappa shape index (κ3) is 6.07. The number of aldehydes is 1. The van der Waals surface area contributed by atoms with Crippen molar-refractivity contribution in [1.82, 2.24) is 0 Å². The molecule has 160 valence electrons. The zero-order valence-electron chi connectivity index (χ0n) is 19.7. The highest BCUT2D eigenvalue weighted by atomic mass is 16.5. The molecule has 1 atom stereocenters. The topological polar surface area (TPSA) is 26.3 Å². The SMILES string of the molecule is C/C(=C\CC/C(C)=C/CC[C@]1(C)CCc2c(C)c(C)c(C)c(C)c2O1)CCC=O. The van der Waals surface area contributed by atoms with Crippen molar-refractivity contribution in [3.63, 3.8) is 0 Å². The van der Waals surface area contributed by atoms with Crippen molar-refractivity contribution in [2.24, 2.45) is 0 Å². The molecule has 2 nitrogen and oxygen atoms in total. The Morgan fingerprint density at radius 3 is 2.14 bits per heavy atom. The molecule has 0 aromatic heterocycles. The van der Waals surface area contributed by atoms with E-state index in [1.54, 1.807) is 0 Å². The maximum atomic E-state index is 10.5. The second-order valence-electron chi connectivity index (χ2n) is 9.24. The largest absolute Gasteiger partial charge is 0.487 e. The molecule has 0 fully saturated rings. The molecule has 0 radical (unpaired) electrons. The number of hydrogen-bond donors (Lipinski definition) is 0. The molecule has 0 amide bonds. The highest BCUT2D eigenvalue weighted by molar-refractivity contribution is 5.55. The Hall–Kier alpha value is -1.83. The minimum absolute atomic E-state index is 0.0754. The normalized spacial score (nSPS) is 19.7. The van der Waals surface area contributed by atoms with Gasteiger partial charge >= 0.3 is 0 Å². The van der Waals surface area contributed by atoms with E-state index in [1.807, 2.05) is 0 Å².